The molecule has 3 aliphatic rings. The number of methoxy groups -OCH3 is 2. The number of cyclic esters (lactones) is 1. The minimum Gasteiger partial charge on any atom is -0.493 e. The first-order chi connectivity index (χ1) is 17.1. The van der Waals surface area contributed by atoms with Crippen molar-refractivity contribution in [3.8, 4) is 28.7 Å². The van der Waals surface area contributed by atoms with Crippen molar-refractivity contribution in [2.24, 2.45) is 0 Å². The molecule has 10 nitrogen and oxygen atoms in total. The first-order valence-corrected chi connectivity index (χ1v) is 10.8. The molecule has 0 spiro atoms. The largest absolute Gasteiger partial charge is 0.493 e. The summed E-state index contributed by atoms with van der Waals surface area (Å²) < 4.78 is 33.3. The Morgan fingerprint density at radius 2 is 1.80 bits per heavy atom. The minimum absolute atomic E-state index is 0.114. The molecule has 1 N–H and O–H groups in total. The van der Waals surface area contributed by atoms with E-state index in [4.69, 9.17) is 28.4 Å². The lowest BCUT2D eigenvalue weighted by atomic mass is 9.75. The van der Waals surface area contributed by atoms with Gasteiger partial charge in [-0.1, -0.05) is 0 Å². The smallest absolute Gasteiger partial charge is 0.362 e. The fraction of sp³-hybridized carbons (Fsp3) is 0.240. The molecule has 0 amide bonds. The van der Waals surface area contributed by atoms with Gasteiger partial charge in [0.25, 0.3) is 0 Å². The normalized spacial score (nSPS) is 17.5. The molecular formula is C25H20N2O8. The van der Waals surface area contributed by atoms with E-state index in [0.717, 1.165) is 16.7 Å². The van der Waals surface area contributed by atoms with Crippen LogP contribution in [0.3, 0.4) is 0 Å². The molecule has 3 aromatic rings. The van der Waals surface area contributed by atoms with Gasteiger partial charge in [0.2, 0.25) is 12.5 Å². The van der Waals surface area contributed by atoms with Gasteiger partial charge in [-0.15, -0.1) is 0 Å². The Morgan fingerprint density at radius 1 is 1.06 bits per heavy atom. The number of carbonyl (C=O) groups is 2. The highest BCUT2D eigenvalue weighted by atomic mass is 16.7. The Morgan fingerprint density at radius 3 is 2.49 bits per heavy atom. The average molecular weight is 476 g/mol. The van der Waals surface area contributed by atoms with E-state index in [-0.39, 0.29) is 42.3 Å². The van der Waals surface area contributed by atoms with Crippen molar-refractivity contribution in [3.63, 3.8) is 0 Å². The zero-order chi connectivity index (χ0) is 24.1. The topological polar surface area (TPSA) is 118 Å². The summed E-state index contributed by atoms with van der Waals surface area (Å²) in [5.74, 6) is 0.484. The van der Waals surface area contributed by atoms with Gasteiger partial charge in [-0.05, 0) is 52.9 Å². The van der Waals surface area contributed by atoms with Gasteiger partial charge in [0.05, 0.1) is 32.3 Å². The predicted molar refractivity (Wildman–Crippen MR) is 119 cm³/mol. The molecule has 0 fully saturated rings. The van der Waals surface area contributed by atoms with Crippen LogP contribution in [0.1, 0.15) is 33.1 Å². The van der Waals surface area contributed by atoms with Crippen LogP contribution in [0, 0.1) is 0 Å². The number of aromatic amines is 1. The Balaban J connectivity index is 1.48. The second-order valence-corrected chi connectivity index (χ2v) is 8.22. The van der Waals surface area contributed by atoms with Crippen LogP contribution >= 0.6 is 0 Å². The summed E-state index contributed by atoms with van der Waals surface area (Å²) in [4.78, 5) is 31.9. The lowest BCUT2D eigenvalue weighted by Crippen LogP contribution is -2.18. The number of ether oxygens (including phenoxy) is 6. The van der Waals surface area contributed by atoms with Crippen molar-refractivity contribution in [1.29, 1.82) is 0 Å². The van der Waals surface area contributed by atoms with Gasteiger partial charge in [0.15, 0.2) is 23.0 Å². The zero-order valence-electron chi connectivity index (χ0n) is 18.9. The number of aromatic nitrogens is 2. The highest BCUT2D eigenvalue weighted by molar-refractivity contribution is 5.96. The molecule has 6 rings (SSSR count). The third-order valence-electron chi connectivity index (χ3n) is 6.35. The van der Waals surface area contributed by atoms with Crippen LogP contribution < -0.4 is 23.7 Å². The molecule has 0 bridgehead atoms. The lowest BCUT2D eigenvalue weighted by molar-refractivity contribution is -0.136. The van der Waals surface area contributed by atoms with Gasteiger partial charge >= 0.3 is 11.9 Å². The molecule has 10 heteroatoms. The SMILES string of the molecule is COc1cc([C@@H]2C3=C(COC3=O)Cc3cc4c(cc32)OCO4)cc(OC)c1OC(=O)c1cnc[nH]1. The van der Waals surface area contributed by atoms with E-state index in [1.165, 1.54) is 26.7 Å². The Kier molecular flexibility index (Phi) is 4.87. The number of nitrogens with zero attached hydrogens (tertiary/aromatic N) is 1. The van der Waals surface area contributed by atoms with E-state index < -0.39 is 11.9 Å². The molecule has 35 heavy (non-hydrogen) atoms. The fourth-order valence-electron chi connectivity index (χ4n) is 4.76. The second-order valence-electron chi connectivity index (χ2n) is 8.22. The summed E-state index contributed by atoms with van der Waals surface area (Å²) in [5, 5.41) is 0. The number of fused-ring (bicyclic) bond motifs is 2. The highest BCUT2D eigenvalue weighted by Crippen LogP contribution is 2.50. The Hall–Kier alpha value is -4.47. The van der Waals surface area contributed by atoms with Gasteiger partial charge in [0, 0.05) is 5.92 Å². The van der Waals surface area contributed by atoms with Crippen LogP contribution in [0.4, 0.5) is 0 Å². The highest BCUT2D eigenvalue weighted by Gasteiger charge is 2.40. The molecule has 0 unspecified atom stereocenters. The van der Waals surface area contributed by atoms with Gasteiger partial charge in [0.1, 0.15) is 12.3 Å². The standard InChI is InChI=1S/C25H20N2O8/c1-30-19-5-13(6-20(31-2)23(19)35-24(28)16-8-26-10-27-16)21-15-7-18-17(33-11-34-18)4-12(15)3-14-9-32-25(29)22(14)21/h4-8,10,21H,3,9,11H2,1-2H3,(H,26,27)/t21-/m0/s1. The van der Waals surface area contributed by atoms with Gasteiger partial charge in [-0.3, -0.25) is 0 Å². The summed E-state index contributed by atoms with van der Waals surface area (Å²) in [6, 6.07) is 7.33. The van der Waals surface area contributed by atoms with Crippen molar-refractivity contribution in [1.82, 2.24) is 9.97 Å². The van der Waals surface area contributed by atoms with Crippen LogP contribution in [0.2, 0.25) is 0 Å². The van der Waals surface area contributed by atoms with E-state index in [0.29, 0.717) is 29.1 Å². The van der Waals surface area contributed by atoms with Crippen LogP contribution in [-0.4, -0.2) is 49.5 Å². The van der Waals surface area contributed by atoms with E-state index in [2.05, 4.69) is 9.97 Å². The maximum absolute atomic E-state index is 12.8. The third-order valence-corrected chi connectivity index (χ3v) is 6.35. The molecule has 1 aliphatic carbocycles. The van der Waals surface area contributed by atoms with Crippen molar-refractivity contribution < 1.29 is 38.0 Å². The lowest BCUT2D eigenvalue weighted by Gasteiger charge is -2.27. The summed E-state index contributed by atoms with van der Waals surface area (Å²) in [5.41, 5.74) is 4.31. The van der Waals surface area contributed by atoms with Crippen molar-refractivity contribution in [2.75, 3.05) is 27.6 Å². The molecule has 1 aromatic heterocycles. The maximum Gasteiger partial charge on any atom is 0.362 e. The average Bonchev–Trinajstić information content (AvgIpc) is 3.63. The summed E-state index contributed by atoms with van der Waals surface area (Å²) in [6.45, 7) is 0.392. The molecule has 1 atom stereocenters. The number of H-pyrrole nitrogens is 1. The number of nitrogens with one attached hydrogen (secondary N) is 1. The quantitative estimate of drug-likeness (QED) is 0.438. The van der Waals surface area contributed by atoms with Crippen LogP contribution in [0.15, 0.2) is 47.9 Å². The summed E-state index contributed by atoms with van der Waals surface area (Å²) in [7, 11) is 2.93. The molecule has 2 aromatic carbocycles. The second kappa shape index (κ2) is 8.08. The summed E-state index contributed by atoms with van der Waals surface area (Å²) >= 11 is 0. The summed E-state index contributed by atoms with van der Waals surface area (Å²) in [6.07, 6.45) is 3.32. The number of rotatable bonds is 5. The van der Waals surface area contributed by atoms with Gasteiger partial charge in [-0.25, -0.2) is 14.6 Å². The molecule has 178 valence electrons. The van der Waals surface area contributed by atoms with E-state index in [9.17, 15) is 9.59 Å². The van der Waals surface area contributed by atoms with Gasteiger partial charge in [-0.2, -0.15) is 0 Å². The van der Waals surface area contributed by atoms with Crippen LogP contribution in [0.25, 0.3) is 0 Å². The molecule has 2 aliphatic heterocycles. The molecule has 0 radical (unpaired) electrons. The molecule has 0 saturated heterocycles. The number of hydrogen-bond acceptors (Lipinski definition) is 9. The Labute approximate surface area is 199 Å². The maximum atomic E-state index is 12.8. The molecular weight excluding hydrogens is 456 g/mol. The molecule has 3 heterocycles. The number of imidazole rings is 1. The van der Waals surface area contributed by atoms with Gasteiger partial charge < -0.3 is 33.4 Å². The number of carbonyl (C=O) groups excluding carboxylic acids is 2. The van der Waals surface area contributed by atoms with Crippen molar-refractivity contribution >= 4 is 11.9 Å². The van der Waals surface area contributed by atoms with Crippen molar-refractivity contribution in [2.45, 2.75) is 12.3 Å². The third kappa shape index (κ3) is 3.37. The zero-order valence-corrected chi connectivity index (χ0v) is 18.9. The first kappa shape index (κ1) is 21.1. The number of hydrogen-bond donors (Lipinski definition) is 1. The van der Waals surface area contributed by atoms with Crippen LogP contribution in [0.5, 0.6) is 28.7 Å². The van der Waals surface area contributed by atoms with E-state index >= 15 is 0 Å². The fourth-order valence-corrected chi connectivity index (χ4v) is 4.76. The first-order valence-electron chi connectivity index (χ1n) is 10.8. The van der Waals surface area contributed by atoms with E-state index in [1.807, 2.05) is 12.1 Å². The van der Waals surface area contributed by atoms with E-state index in [1.54, 1.807) is 12.1 Å². The number of esters is 2. The van der Waals surface area contributed by atoms with Crippen LogP contribution in [-0.2, 0) is 16.0 Å². The monoisotopic (exact) mass is 476 g/mol. The van der Waals surface area contributed by atoms with Crippen molar-refractivity contribution in [3.05, 3.63) is 70.3 Å². The molecule has 0 saturated carbocycles. The Bertz CT molecular complexity index is 1370. The minimum atomic E-state index is -0.646. The predicted octanol–water partition coefficient (Wildman–Crippen LogP) is 2.92. The number of benzene rings is 2.